The van der Waals surface area contributed by atoms with Gasteiger partial charge < -0.3 is 9.84 Å². The Morgan fingerprint density at radius 1 is 1.31 bits per heavy atom. The Hall–Kier alpha value is -1.28. The van der Waals surface area contributed by atoms with E-state index in [1.165, 1.54) is 5.56 Å². The number of aliphatic hydroxyl groups is 1. The lowest BCUT2D eigenvalue weighted by atomic mass is 9.93. The van der Waals surface area contributed by atoms with Crippen LogP contribution in [0.3, 0.4) is 0 Å². The maximum Gasteiger partial charge on any atom is 0.104 e. The molecule has 86 valence electrons. The fraction of sp³-hybridized carbons (Fsp3) is 0.429. The summed E-state index contributed by atoms with van der Waals surface area (Å²) in [6.45, 7) is 4.84. The lowest BCUT2D eigenvalue weighted by molar-refractivity contribution is 0.170. The molecule has 0 amide bonds. The highest BCUT2D eigenvalue weighted by Gasteiger charge is 2.17. The molecule has 1 N–H and O–H groups in total. The third-order valence-electron chi connectivity index (χ3n) is 3.04. The monoisotopic (exact) mass is 218 g/mol. The van der Waals surface area contributed by atoms with Crippen LogP contribution in [0.15, 0.2) is 30.0 Å². The number of ether oxygens (including phenoxy) is 1. The van der Waals surface area contributed by atoms with Gasteiger partial charge in [0.15, 0.2) is 0 Å². The second-order valence-electron chi connectivity index (χ2n) is 4.43. The van der Waals surface area contributed by atoms with Gasteiger partial charge in [0.1, 0.15) is 6.10 Å². The third-order valence-corrected chi connectivity index (χ3v) is 3.04. The molecule has 0 saturated heterocycles. The van der Waals surface area contributed by atoms with E-state index in [1.54, 1.807) is 6.26 Å². The van der Waals surface area contributed by atoms with Crippen LogP contribution in [0.1, 0.15) is 35.6 Å². The van der Waals surface area contributed by atoms with E-state index in [1.807, 2.05) is 13.8 Å². The molecule has 0 radical (unpaired) electrons. The average Bonchev–Trinajstić information content (AvgIpc) is 2.32. The van der Waals surface area contributed by atoms with Gasteiger partial charge in [-0.25, -0.2) is 0 Å². The largest absolute Gasteiger partial charge is 0.501 e. The first-order chi connectivity index (χ1) is 7.68. The highest BCUT2D eigenvalue weighted by molar-refractivity contribution is 5.36. The lowest BCUT2D eigenvalue weighted by Gasteiger charge is -2.20. The minimum atomic E-state index is -0.514. The van der Waals surface area contributed by atoms with E-state index < -0.39 is 6.10 Å². The summed E-state index contributed by atoms with van der Waals surface area (Å²) < 4.78 is 5.27. The first-order valence-electron chi connectivity index (χ1n) is 5.74. The lowest BCUT2D eigenvalue weighted by Crippen LogP contribution is -2.09. The number of aliphatic hydroxyl groups excluding tert-OH is 1. The number of hydrogen-bond acceptors (Lipinski definition) is 2. The molecule has 0 aromatic heterocycles. The number of hydrogen-bond donors (Lipinski definition) is 1. The van der Waals surface area contributed by atoms with E-state index in [-0.39, 0.29) is 0 Å². The molecule has 16 heavy (non-hydrogen) atoms. The van der Waals surface area contributed by atoms with Gasteiger partial charge in [-0.15, -0.1) is 0 Å². The Morgan fingerprint density at radius 3 is 2.81 bits per heavy atom. The van der Waals surface area contributed by atoms with Crippen LogP contribution < -0.4 is 0 Å². The van der Waals surface area contributed by atoms with Crippen molar-refractivity contribution in [1.82, 2.24) is 0 Å². The van der Waals surface area contributed by atoms with E-state index in [0.29, 0.717) is 0 Å². The summed E-state index contributed by atoms with van der Waals surface area (Å²) in [5.41, 5.74) is 4.29. The van der Waals surface area contributed by atoms with Crippen LogP contribution >= 0.6 is 0 Å². The highest BCUT2D eigenvalue weighted by atomic mass is 16.5. The summed E-state index contributed by atoms with van der Waals surface area (Å²) in [6.07, 6.45) is 3.12. The fourth-order valence-electron chi connectivity index (χ4n) is 2.04. The van der Waals surface area contributed by atoms with Gasteiger partial charge in [0.25, 0.3) is 0 Å². The van der Waals surface area contributed by atoms with Crippen molar-refractivity contribution in [3.8, 4) is 0 Å². The van der Waals surface area contributed by atoms with Crippen LogP contribution in [-0.2, 0) is 4.74 Å². The quantitative estimate of drug-likeness (QED) is 0.826. The van der Waals surface area contributed by atoms with Crippen molar-refractivity contribution in [3.63, 3.8) is 0 Å². The summed E-state index contributed by atoms with van der Waals surface area (Å²) >= 11 is 0. The van der Waals surface area contributed by atoms with Crippen molar-refractivity contribution in [2.45, 2.75) is 32.8 Å². The van der Waals surface area contributed by atoms with Gasteiger partial charge in [-0.3, -0.25) is 0 Å². The molecule has 1 unspecified atom stereocenters. The number of aryl methyl sites for hydroxylation is 2. The SMILES string of the molecule is Cc1ccc(C)c(C(O)C2=COCCC2)c1. The topological polar surface area (TPSA) is 29.5 Å². The van der Waals surface area contributed by atoms with E-state index in [0.717, 1.165) is 36.1 Å². The van der Waals surface area contributed by atoms with Crippen LogP contribution in [0.4, 0.5) is 0 Å². The minimum absolute atomic E-state index is 0.514. The summed E-state index contributed by atoms with van der Waals surface area (Å²) in [5, 5.41) is 10.3. The van der Waals surface area contributed by atoms with Crippen molar-refractivity contribution in [2.24, 2.45) is 0 Å². The first kappa shape index (κ1) is 11.2. The molecule has 1 atom stereocenters. The predicted octanol–water partition coefficient (Wildman–Crippen LogP) is 3.03. The Morgan fingerprint density at radius 2 is 2.12 bits per heavy atom. The Bertz CT molecular complexity index is 407. The van der Waals surface area contributed by atoms with Crippen molar-refractivity contribution >= 4 is 0 Å². The molecular weight excluding hydrogens is 200 g/mol. The normalized spacial score (nSPS) is 17.6. The summed E-state index contributed by atoms with van der Waals surface area (Å²) in [5.74, 6) is 0. The van der Waals surface area contributed by atoms with Gasteiger partial charge in [0.05, 0.1) is 12.9 Å². The van der Waals surface area contributed by atoms with E-state index in [9.17, 15) is 5.11 Å². The molecule has 1 aliphatic rings. The van der Waals surface area contributed by atoms with E-state index in [2.05, 4.69) is 18.2 Å². The Balaban J connectivity index is 2.29. The van der Waals surface area contributed by atoms with E-state index in [4.69, 9.17) is 4.74 Å². The van der Waals surface area contributed by atoms with Crippen molar-refractivity contribution < 1.29 is 9.84 Å². The van der Waals surface area contributed by atoms with Crippen LogP contribution in [0, 0.1) is 13.8 Å². The van der Waals surface area contributed by atoms with Crippen LogP contribution in [0.25, 0.3) is 0 Å². The van der Waals surface area contributed by atoms with Crippen LogP contribution in [0.5, 0.6) is 0 Å². The highest BCUT2D eigenvalue weighted by Crippen LogP contribution is 2.29. The first-order valence-corrected chi connectivity index (χ1v) is 5.74. The molecule has 1 aromatic rings. The average molecular weight is 218 g/mol. The molecule has 2 nitrogen and oxygen atoms in total. The van der Waals surface area contributed by atoms with Crippen molar-refractivity contribution in [1.29, 1.82) is 0 Å². The summed E-state index contributed by atoms with van der Waals surface area (Å²) in [6, 6.07) is 6.17. The summed E-state index contributed by atoms with van der Waals surface area (Å²) in [4.78, 5) is 0. The van der Waals surface area contributed by atoms with E-state index >= 15 is 0 Å². The molecule has 0 saturated carbocycles. The molecule has 0 bridgehead atoms. The second kappa shape index (κ2) is 4.71. The van der Waals surface area contributed by atoms with Gasteiger partial charge in [0, 0.05) is 0 Å². The maximum atomic E-state index is 10.3. The molecule has 0 spiro atoms. The molecule has 1 aromatic carbocycles. The van der Waals surface area contributed by atoms with Gasteiger partial charge in [-0.2, -0.15) is 0 Å². The molecule has 0 aliphatic carbocycles. The molecular formula is C14H18O2. The molecule has 1 aliphatic heterocycles. The molecule has 0 fully saturated rings. The number of rotatable bonds is 2. The Labute approximate surface area is 96.6 Å². The maximum absolute atomic E-state index is 10.3. The van der Waals surface area contributed by atoms with Gasteiger partial charge in [-0.05, 0) is 43.4 Å². The minimum Gasteiger partial charge on any atom is -0.501 e. The smallest absolute Gasteiger partial charge is 0.104 e. The molecule has 2 heteroatoms. The van der Waals surface area contributed by atoms with Crippen molar-refractivity contribution in [3.05, 3.63) is 46.7 Å². The molecule has 1 heterocycles. The zero-order chi connectivity index (χ0) is 11.5. The van der Waals surface area contributed by atoms with Gasteiger partial charge >= 0.3 is 0 Å². The van der Waals surface area contributed by atoms with Crippen molar-refractivity contribution in [2.75, 3.05) is 6.61 Å². The Kier molecular flexibility index (Phi) is 3.30. The van der Waals surface area contributed by atoms with Gasteiger partial charge in [0.2, 0.25) is 0 Å². The fourth-order valence-corrected chi connectivity index (χ4v) is 2.04. The zero-order valence-corrected chi connectivity index (χ0v) is 9.86. The third kappa shape index (κ3) is 2.27. The molecule has 2 rings (SSSR count). The van der Waals surface area contributed by atoms with Crippen LogP contribution in [-0.4, -0.2) is 11.7 Å². The van der Waals surface area contributed by atoms with Gasteiger partial charge in [-0.1, -0.05) is 23.8 Å². The second-order valence-corrected chi connectivity index (χ2v) is 4.43. The standard InChI is InChI=1S/C14H18O2/c1-10-5-6-11(2)13(8-10)14(15)12-4-3-7-16-9-12/h5-6,8-9,14-15H,3-4,7H2,1-2H3. The summed E-state index contributed by atoms with van der Waals surface area (Å²) in [7, 11) is 0. The van der Waals surface area contributed by atoms with Crippen LogP contribution in [0.2, 0.25) is 0 Å². The zero-order valence-electron chi connectivity index (χ0n) is 9.86. The number of benzene rings is 1. The predicted molar refractivity (Wildman–Crippen MR) is 64.1 cm³/mol.